The Morgan fingerprint density at radius 2 is 2.14 bits per heavy atom. The first-order valence-corrected chi connectivity index (χ1v) is 8.81. The summed E-state index contributed by atoms with van der Waals surface area (Å²) in [6.45, 7) is 3.27. The first-order chi connectivity index (χ1) is 9.79. The lowest BCUT2D eigenvalue weighted by Crippen LogP contribution is -2.34. The lowest BCUT2D eigenvalue weighted by atomic mass is 10.1. The molecule has 1 heterocycles. The number of anilines is 1. The van der Waals surface area contributed by atoms with E-state index in [0.29, 0.717) is 6.42 Å². The predicted molar refractivity (Wildman–Crippen MR) is 83.4 cm³/mol. The maximum absolute atomic E-state index is 13.5. The highest BCUT2D eigenvalue weighted by Gasteiger charge is 2.20. The summed E-state index contributed by atoms with van der Waals surface area (Å²) in [5.74, 6) is -0.583. The Morgan fingerprint density at radius 3 is 2.71 bits per heavy atom. The highest BCUT2D eigenvalue weighted by atomic mass is 32.2. The molecule has 0 saturated heterocycles. The average Bonchev–Trinajstić information content (AvgIpc) is 2.87. The molecule has 0 radical (unpaired) electrons. The van der Waals surface area contributed by atoms with Crippen LogP contribution in [0.25, 0.3) is 0 Å². The highest BCUT2D eigenvalue weighted by Crippen LogP contribution is 2.21. The van der Waals surface area contributed by atoms with E-state index >= 15 is 0 Å². The SMILES string of the molecule is Cc1cc(S(=O)(=O)NC(C)Cc2ccsc2)cc(N)c1F. The summed E-state index contributed by atoms with van der Waals surface area (Å²) >= 11 is 1.57. The van der Waals surface area contributed by atoms with Gasteiger partial charge in [0.1, 0.15) is 5.82 Å². The number of nitrogens with one attached hydrogen (secondary N) is 1. The molecule has 1 aromatic carbocycles. The van der Waals surface area contributed by atoms with E-state index in [2.05, 4.69) is 4.72 Å². The van der Waals surface area contributed by atoms with Crippen molar-refractivity contribution >= 4 is 27.0 Å². The quantitative estimate of drug-likeness (QED) is 0.829. The third kappa shape index (κ3) is 3.81. The number of aryl methyl sites for hydroxylation is 1. The topological polar surface area (TPSA) is 72.2 Å². The van der Waals surface area contributed by atoms with Gasteiger partial charge in [-0.05, 0) is 60.4 Å². The Balaban J connectivity index is 2.18. The fourth-order valence-corrected chi connectivity index (χ4v) is 4.10. The van der Waals surface area contributed by atoms with Crippen LogP contribution in [-0.2, 0) is 16.4 Å². The molecule has 2 aromatic rings. The Kier molecular flexibility index (Phi) is 4.65. The molecular formula is C14H17FN2O2S2. The van der Waals surface area contributed by atoms with Crippen molar-refractivity contribution in [3.8, 4) is 0 Å². The number of hydrogen-bond donors (Lipinski definition) is 2. The van der Waals surface area contributed by atoms with Crippen molar-refractivity contribution in [1.29, 1.82) is 0 Å². The van der Waals surface area contributed by atoms with Gasteiger partial charge in [0.05, 0.1) is 10.6 Å². The molecular weight excluding hydrogens is 311 g/mol. The largest absolute Gasteiger partial charge is 0.396 e. The Bertz CT molecular complexity index is 704. The number of hydrogen-bond acceptors (Lipinski definition) is 4. The monoisotopic (exact) mass is 328 g/mol. The van der Waals surface area contributed by atoms with Gasteiger partial charge < -0.3 is 5.73 Å². The third-order valence-corrected chi connectivity index (χ3v) is 5.35. The van der Waals surface area contributed by atoms with Gasteiger partial charge in [-0.2, -0.15) is 11.3 Å². The summed E-state index contributed by atoms with van der Waals surface area (Å²) in [7, 11) is -3.72. The van der Waals surface area contributed by atoms with Gasteiger partial charge in [-0.3, -0.25) is 0 Å². The lowest BCUT2D eigenvalue weighted by molar-refractivity contribution is 0.559. The summed E-state index contributed by atoms with van der Waals surface area (Å²) in [5, 5.41) is 3.92. The molecule has 114 valence electrons. The Hall–Kier alpha value is -1.44. The van der Waals surface area contributed by atoms with E-state index in [1.165, 1.54) is 13.0 Å². The van der Waals surface area contributed by atoms with Crippen LogP contribution in [0.5, 0.6) is 0 Å². The molecule has 4 nitrogen and oxygen atoms in total. The van der Waals surface area contributed by atoms with E-state index < -0.39 is 15.8 Å². The number of halogens is 1. The second-order valence-electron chi connectivity index (χ2n) is 5.00. The minimum absolute atomic E-state index is 0.0175. The van der Waals surface area contributed by atoms with Crippen molar-refractivity contribution in [2.75, 3.05) is 5.73 Å². The van der Waals surface area contributed by atoms with Crippen LogP contribution in [0, 0.1) is 12.7 Å². The van der Waals surface area contributed by atoms with Crippen LogP contribution in [0.3, 0.4) is 0 Å². The predicted octanol–water partition coefficient (Wildman–Crippen LogP) is 2.69. The van der Waals surface area contributed by atoms with Crippen LogP contribution in [0.15, 0.2) is 33.9 Å². The summed E-state index contributed by atoms with van der Waals surface area (Å²) in [5.41, 5.74) is 6.61. The molecule has 0 aliphatic rings. The maximum atomic E-state index is 13.5. The molecule has 0 bridgehead atoms. The highest BCUT2D eigenvalue weighted by molar-refractivity contribution is 7.89. The van der Waals surface area contributed by atoms with E-state index in [-0.39, 0.29) is 22.2 Å². The molecule has 0 spiro atoms. The van der Waals surface area contributed by atoms with Gasteiger partial charge in [-0.15, -0.1) is 0 Å². The van der Waals surface area contributed by atoms with Crippen molar-refractivity contribution < 1.29 is 12.8 Å². The first-order valence-electron chi connectivity index (χ1n) is 6.38. The zero-order valence-corrected chi connectivity index (χ0v) is 13.4. The number of nitrogens with two attached hydrogens (primary N) is 1. The molecule has 1 unspecified atom stereocenters. The summed E-state index contributed by atoms with van der Waals surface area (Å²) < 4.78 is 40.7. The van der Waals surface area contributed by atoms with Crippen LogP contribution < -0.4 is 10.5 Å². The summed E-state index contributed by atoms with van der Waals surface area (Å²) in [4.78, 5) is -0.0175. The smallest absolute Gasteiger partial charge is 0.240 e. The normalized spacial score (nSPS) is 13.3. The molecule has 0 amide bonds. The fourth-order valence-electron chi connectivity index (χ4n) is 2.05. The maximum Gasteiger partial charge on any atom is 0.240 e. The van der Waals surface area contributed by atoms with Gasteiger partial charge in [0, 0.05) is 6.04 Å². The van der Waals surface area contributed by atoms with E-state index in [1.54, 1.807) is 18.3 Å². The molecule has 7 heteroatoms. The Morgan fingerprint density at radius 1 is 1.43 bits per heavy atom. The molecule has 0 saturated carbocycles. The van der Waals surface area contributed by atoms with Crippen molar-refractivity contribution in [3.05, 3.63) is 45.9 Å². The number of rotatable bonds is 5. The zero-order valence-electron chi connectivity index (χ0n) is 11.8. The van der Waals surface area contributed by atoms with E-state index in [9.17, 15) is 12.8 Å². The van der Waals surface area contributed by atoms with Crippen LogP contribution in [0.2, 0.25) is 0 Å². The van der Waals surface area contributed by atoms with Gasteiger partial charge in [0.15, 0.2) is 0 Å². The molecule has 21 heavy (non-hydrogen) atoms. The van der Waals surface area contributed by atoms with E-state index in [0.717, 1.165) is 11.6 Å². The Labute approximate surface area is 127 Å². The fraction of sp³-hybridized carbons (Fsp3) is 0.286. The molecule has 1 aromatic heterocycles. The van der Waals surface area contributed by atoms with Crippen molar-refractivity contribution in [2.45, 2.75) is 31.2 Å². The second kappa shape index (κ2) is 6.13. The zero-order chi connectivity index (χ0) is 15.6. The van der Waals surface area contributed by atoms with Crippen molar-refractivity contribution in [2.24, 2.45) is 0 Å². The molecule has 0 aliphatic heterocycles. The van der Waals surface area contributed by atoms with Crippen LogP contribution >= 0.6 is 11.3 Å². The lowest BCUT2D eigenvalue weighted by Gasteiger charge is -2.14. The van der Waals surface area contributed by atoms with E-state index in [1.807, 2.05) is 16.8 Å². The van der Waals surface area contributed by atoms with E-state index in [4.69, 9.17) is 5.73 Å². The number of nitrogen functional groups attached to an aromatic ring is 1. The van der Waals surface area contributed by atoms with Crippen molar-refractivity contribution in [3.63, 3.8) is 0 Å². The number of sulfonamides is 1. The van der Waals surface area contributed by atoms with Gasteiger partial charge in [-0.1, -0.05) is 0 Å². The van der Waals surface area contributed by atoms with Crippen molar-refractivity contribution in [1.82, 2.24) is 4.72 Å². The third-order valence-electron chi connectivity index (χ3n) is 3.04. The van der Waals surface area contributed by atoms with Crippen LogP contribution in [0.1, 0.15) is 18.1 Å². The van der Waals surface area contributed by atoms with Gasteiger partial charge >= 0.3 is 0 Å². The number of benzene rings is 1. The number of thiophene rings is 1. The standard InChI is InChI=1S/C14H17FN2O2S2/c1-9-5-12(7-13(16)14(9)15)21(18,19)17-10(2)6-11-3-4-20-8-11/h3-5,7-8,10,17H,6,16H2,1-2H3. The second-order valence-corrected chi connectivity index (χ2v) is 7.50. The molecule has 2 rings (SSSR count). The van der Waals surface area contributed by atoms with Crippen LogP contribution in [-0.4, -0.2) is 14.5 Å². The minimum Gasteiger partial charge on any atom is -0.396 e. The first kappa shape index (κ1) is 15.9. The van der Waals surface area contributed by atoms with Crippen LogP contribution in [0.4, 0.5) is 10.1 Å². The molecule has 3 N–H and O–H groups in total. The van der Waals surface area contributed by atoms with Gasteiger partial charge in [-0.25, -0.2) is 17.5 Å². The molecule has 0 fully saturated rings. The molecule has 1 atom stereocenters. The average molecular weight is 328 g/mol. The van der Waals surface area contributed by atoms with Gasteiger partial charge in [0.2, 0.25) is 10.0 Å². The van der Waals surface area contributed by atoms with Gasteiger partial charge in [0.25, 0.3) is 0 Å². The summed E-state index contributed by atoms with van der Waals surface area (Å²) in [6.07, 6.45) is 0.596. The summed E-state index contributed by atoms with van der Waals surface area (Å²) in [6, 6.07) is 4.11. The molecule has 0 aliphatic carbocycles. The minimum atomic E-state index is -3.72.